The van der Waals surface area contributed by atoms with Gasteiger partial charge in [-0.15, -0.1) is 0 Å². The molecule has 1 heterocycles. The largest absolute Gasteiger partial charge is 0.508 e. The molecule has 3 aromatic rings. The minimum absolute atomic E-state index is 0.0535. The lowest BCUT2D eigenvalue weighted by Gasteiger charge is -1.99. The Hall–Kier alpha value is -3.48. The van der Waals surface area contributed by atoms with E-state index in [2.05, 4.69) is 15.5 Å². The molecular formula is C17H15N3O4. The second kappa shape index (κ2) is 6.33. The number of hydrogen-bond acceptors (Lipinski definition) is 5. The fraction of sp³-hybridized carbons (Fsp3) is 0.0588. The molecule has 0 radical (unpaired) electrons. The number of phenolic OH excluding ortho intramolecular Hbond substituents is 2. The second-order valence-corrected chi connectivity index (χ2v) is 5.08. The number of carbonyl (C=O) groups is 1. The van der Waals surface area contributed by atoms with Crippen molar-refractivity contribution in [1.29, 1.82) is 0 Å². The third-order valence-corrected chi connectivity index (χ3v) is 3.46. The van der Waals surface area contributed by atoms with E-state index in [1.54, 1.807) is 19.2 Å². The van der Waals surface area contributed by atoms with E-state index >= 15 is 0 Å². The van der Waals surface area contributed by atoms with Crippen molar-refractivity contribution in [3.63, 3.8) is 0 Å². The van der Waals surface area contributed by atoms with E-state index in [9.17, 15) is 15.0 Å². The van der Waals surface area contributed by atoms with E-state index in [1.165, 1.54) is 24.4 Å². The van der Waals surface area contributed by atoms with Gasteiger partial charge in [-0.3, -0.25) is 4.79 Å². The number of phenols is 2. The molecule has 0 saturated heterocycles. The van der Waals surface area contributed by atoms with E-state index in [0.717, 1.165) is 10.9 Å². The molecule has 0 bridgehead atoms. The number of H-pyrrole nitrogens is 1. The number of aromatic amines is 1. The SMILES string of the molecule is COc1ccc2[nH]c(C(=O)N/N=C\c3ccc(O)cc3O)cc2c1. The third-order valence-electron chi connectivity index (χ3n) is 3.46. The van der Waals surface area contributed by atoms with Gasteiger partial charge in [-0.2, -0.15) is 5.10 Å². The summed E-state index contributed by atoms with van der Waals surface area (Å²) >= 11 is 0. The molecule has 0 atom stereocenters. The summed E-state index contributed by atoms with van der Waals surface area (Å²) in [5, 5.41) is 23.5. The van der Waals surface area contributed by atoms with Crippen LogP contribution in [0.4, 0.5) is 0 Å². The number of nitrogens with one attached hydrogen (secondary N) is 2. The number of fused-ring (bicyclic) bond motifs is 1. The van der Waals surface area contributed by atoms with Crippen LogP contribution in [-0.2, 0) is 0 Å². The molecule has 0 aliphatic rings. The first-order valence-electron chi connectivity index (χ1n) is 7.09. The first-order valence-corrected chi connectivity index (χ1v) is 7.09. The van der Waals surface area contributed by atoms with Gasteiger partial charge in [-0.1, -0.05) is 0 Å². The lowest BCUT2D eigenvalue weighted by Crippen LogP contribution is -2.17. The molecule has 2 aromatic carbocycles. The van der Waals surface area contributed by atoms with Crippen molar-refractivity contribution in [2.24, 2.45) is 5.10 Å². The van der Waals surface area contributed by atoms with Crippen LogP contribution in [0.1, 0.15) is 16.1 Å². The molecule has 0 spiro atoms. The molecule has 4 N–H and O–H groups in total. The predicted octanol–water partition coefficient (Wildman–Crippen LogP) is 2.35. The zero-order valence-electron chi connectivity index (χ0n) is 12.8. The van der Waals surface area contributed by atoms with Crippen molar-refractivity contribution in [3.05, 3.63) is 53.7 Å². The van der Waals surface area contributed by atoms with Gasteiger partial charge in [-0.05, 0) is 36.4 Å². The lowest BCUT2D eigenvalue weighted by atomic mass is 10.2. The van der Waals surface area contributed by atoms with Crippen LogP contribution in [0.2, 0.25) is 0 Å². The first-order chi connectivity index (χ1) is 11.6. The topological polar surface area (TPSA) is 107 Å². The van der Waals surface area contributed by atoms with Crippen LogP contribution in [0.25, 0.3) is 10.9 Å². The molecule has 1 amide bonds. The Balaban J connectivity index is 1.73. The van der Waals surface area contributed by atoms with Gasteiger partial charge in [0.2, 0.25) is 0 Å². The number of aromatic nitrogens is 1. The maximum Gasteiger partial charge on any atom is 0.287 e. The van der Waals surface area contributed by atoms with Gasteiger partial charge in [0.25, 0.3) is 5.91 Å². The number of benzene rings is 2. The Morgan fingerprint density at radius 2 is 2.04 bits per heavy atom. The highest BCUT2D eigenvalue weighted by Crippen LogP contribution is 2.22. The van der Waals surface area contributed by atoms with E-state index < -0.39 is 5.91 Å². The molecule has 1 aromatic heterocycles. The molecule has 3 rings (SSSR count). The number of methoxy groups -OCH3 is 1. The zero-order valence-corrected chi connectivity index (χ0v) is 12.8. The average molecular weight is 325 g/mol. The van der Waals surface area contributed by atoms with Crippen LogP contribution >= 0.6 is 0 Å². The van der Waals surface area contributed by atoms with Gasteiger partial charge in [-0.25, -0.2) is 5.43 Å². The Labute approximate surface area is 137 Å². The fourth-order valence-electron chi connectivity index (χ4n) is 2.22. The summed E-state index contributed by atoms with van der Waals surface area (Å²) in [6.45, 7) is 0. The summed E-state index contributed by atoms with van der Waals surface area (Å²) in [4.78, 5) is 15.1. The molecule has 0 saturated carbocycles. The van der Waals surface area contributed by atoms with Crippen LogP contribution in [0.5, 0.6) is 17.2 Å². The second-order valence-electron chi connectivity index (χ2n) is 5.08. The molecule has 0 aliphatic carbocycles. The zero-order chi connectivity index (χ0) is 17.1. The van der Waals surface area contributed by atoms with Crippen molar-refractivity contribution < 1.29 is 19.7 Å². The highest BCUT2D eigenvalue weighted by Gasteiger charge is 2.09. The molecule has 24 heavy (non-hydrogen) atoms. The van der Waals surface area contributed by atoms with Crippen molar-refractivity contribution in [1.82, 2.24) is 10.4 Å². The quantitative estimate of drug-likeness (QED) is 0.436. The van der Waals surface area contributed by atoms with Gasteiger partial charge in [0.15, 0.2) is 0 Å². The molecule has 0 aliphatic heterocycles. The van der Waals surface area contributed by atoms with Crippen molar-refractivity contribution >= 4 is 23.0 Å². The van der Waals surface area contributed by atoms with Gasteiger partial charge in [0.05, 0.1) is 13.3 Å². The summed E-state index contributed by atoms with van der Waals surface area (Å²) in [6, 6.07) is 11.2. The normalized spacial score (nSPS) is 11.0. The van der Waals surface area contributed by atoms with Gasteiger partial charge >= 0.3 is 0 Å². The molecule has 122 valence electrons. The van der Waals surface area contributed by atoms with Crippen LogP contribution in [0.3, 0.4) is 0 Å². The highest BCUT2D eigenvalue weighted by molar-refractivity contribution is 5.98. The monoisotopic (exact) mass is 325 g/mol. The molecular weight excluding hydrogens is 310 g/mol. The summed E-state index contributed by atoms with van der Waals surface area (Å²) in [5.41, 5.74) is 3.90. The van der Waals surface area contributed by atoms with E-state index in [1.807, 2.05) is 12.1 Å². The molecule has 7 nitrogen and oxygen atoms in total. The average Bonchev–Trinajstić information content (AvgIpc) is 2.99. The van der Waals surface area contributed by atoms with Gasteiger partial charge < -0.3 is 19.9 Å². The number of aromatic hydroxyl groups is 2. The standard InChI is InChI=1S/C17H15N3O4/c1-24-13-4-5-14-11(6-13)7-15(19-14)17(23)20-18-9-10-2-3-12(21)8-16(10)22/h2-9,19,21-22H,1H3,(H,20,23)/b18-9-. The number of hydrazone groups is 1. The number of rotatable bonds is 4. The van der Waals surface area contributed by atoms with Crippen molar-refractivity contribution in [2.45, 2.75) is 0 Å². The summed E-state index contributed by atoms with van der Waals surface area (Å²) < 4.78 is 5.15. The fourth-order valence-corrected chi connectivity index (χ4v) is 2.22. The number of nitrogens with zero attached hydrogens (tertiary/aromatic N) is 1. The third kappa shape index (κ3) is 3.14. The van der Waals surface area contributed by atoms with E-state index in [0.29, 0.717) is 17.0 Å². The Kier molecular flexibility index (Phi) is 4.07. The summed E-state index contributed by atoms with van der Waals surface area (Å²) in [7, 11) is 1.58. The predicted molar refractivity (Wildman–Crippen MR) is 89.7 cm³/mol. The van der Waals surface area contributed by atoms with Crippen molar-refractivity contribution in [2.75, 3.05) is 7.11 Å². The van der Waals surface area contributed by atoms with Crippen LogP contribution in [0, 0.1) is 0 Å². The van der Waals surface area contributed by atoms with E-state index in [-0.39, 0.29) is 11.5 Å². The summed E-state index contributed by atoms with van der Waals surface area (Å²) in [5.74, 6) is 0.0989. The Bertz CT molecular complexity index is 931. The number of amides is 1. The van der Waals surface area contributed by atoms with Gasteiger partial charge in [0.1, 0.15) is 22.9 Å². The lowest BCUT2D eigenvalue weighted by molar-refractivity contribution is 0.0951. The first kappa shape index (κ1) is 15.4. The minimum atomic E-state index is -0.417. The Morgan fingerprint density at radius 1 is 1.21 bits per heavy atom. The molecule has 7 heteroatoms. The molecule has 0 unspecified atom stereocenters. The van der Waals surface area contributed by atoms with Gasteiger partial charge in [0, 0.05) is 22.5 Å². The minimum Gasteiger partial charge on any atom is -0.508 e. The van der Waals surface area contributed by atoms with E-state index in [4.69, 9.17) is 4.74 Å². The smallest absolute Gasteiger partial charge is 0.287 e. The maximum atomic E-state index is 12.1. The number of hydrogen-bond donors (Lipinski definition) is 4. The molecule has 0 fully saturated rings. The van der Waals surface area contributed by atoms with Crippen LogP contribution in [-0.4, -0.2) is 34.4 Å². The number of ether oxygens (including phenoxy) is 1. The maximum absolute atomic E-state index is 12.1. The Morgan fingerprint density at radius 3 is 2.79 bits per heavy atom. The number of carbonyl (C=O) groups excluding carboxylic acids is 1. The highest BCUT2D eigenvalue weighted by atomic mass is 16.5. The summed E-state index contributed by atoms with van der Waals surface area (Å²) in [6.07, 6.45) is 1.29. The van der Waals surface area contributed by atoms with Crippen LogP contribution < -0.4 is 10.2 Å². The van der Waals surface area contributed by atoms with Crippen LogP contribution in [0.15, 0.2) is 47.6 Å². The van der Waals surface area contributed by atoms with Crippen molar-refractivity contribution in [3.8, 4) is 17.2 Å².